The zero-order valence-electron chi connectivity index (χ0n) is 20.4. The fourth-order valence-corrected chi connectivity index (χ4v) is 8.66. The molecule has 8 unspecified atom stereocenters. The summed E-state index contributed by atoms with van der Waals surface area (Å²) in [4.78, 5) is 40.3. The zero-order chi connectivity index (χ0) is 22.7. The van der Waals surface area contributed by atoms with Gasteiger partial charge in [-0.2, -0.15) is 0 Å². The number of carbonyl (C=O) groups excluding carboxylic acids is 3. The van der Waals surface area contributed by atoms with Crippen molar-refractivity contribution in [3.8, 4) is 0 Å². The summed E-state index contributed by atoms with van der Waals surface area (Å²) in [5.74, 6) is 2.80. The predicted molar refractivity (Wildman–Crippen MR) is 122 cm³/mol. The van der Waals surface area contributed by atoms with Crippen LogP contribution in [-0.2, 0) is 14.4 Å². The fraction of sp³-hybridized carbons (Fsp3) is 0.815. The number of likely N-dealkylation sites (N-methyl/N-ethyl adjacent to an activating group) is 1. The molecule has 172 valence electrons. The molecule has 4 heteroatoms. The van der Waals surface area contributed by atoms with Gasteiger partial charge < -0.3 is 4.90 Å². The summed E-state index contributed by atoms with van der Waals surface area (Å²) in [6, 6.07) is -0.278. The van der Waals surface area contributed by atoms with E-state index in [1.165, 1.54) is 6.42 Å². The highest BCUT2D eigenvalue weighted by atomic mass is 16.2. The number of amides is 1. The van der Waals surface area contributed by atoms with E-state index in [4.69, 9.17) is 0 Å². The van der Waals surface area contributed by atoms with E-state index < -0.39 is 0 Å². The molecule has 4 aliphatic rings. The summed E-state index contributed by atoms with van der Waals surface area (Å²) in [5, 5.41) is 0. The van der Waals surface area contributed by atoms with Crippen LogP contribution in [0.5, 0.6) is 0 Å². The van der Waals surface area contributed by atoms with Gasteiger partial charge in [0.2, 0.25) is 5.91 Å². The lowest BCUT2D eigenvalue weighted by atomic mass is 9.44. The van der Waals surface area contributed by atoms with Crippen LogP contribution in [0.4, 0.5) is 0 Å². The Morgan fingerprint density at radius 3 is 2.19 bits per heavy atom. The molecule has 0 heterocycles. The van der Waals surface area contributed by atoms with Gasteiger partial charge >= 0.3 is 0 Å². The van der Waals surface area contributed by atoms with Crippen molar-refractivity contribution in [3.63, 3.8) is 0 Å². The molecule has 4 fully saturated rings. The monoisotopic (exact) mass is 427 g/mol. The molecule has 0 aliphatic heterocycles. The van der Waals surface area contributed by atoms with Gasteiger partial charge in [-0.3, -0.25) is 14.4 Å². The van der Waals surface area contributed by atoms with Crippen LogP contribution in [0.15, 0.2) is 11.6 Å². The lowest BCUT2D eigenvalue weighted by Crippen LogP contribution is -2.59. The van der Waals surface area contributed by atoms with E-state index >= 15 is 0 Å². The highest BCUT2D eigenvalue weighted by molar-refractivity contribution is 5.95. The first-order valence-electron chi connectivity index (χ1n) is 12.5. The summed E-state index contributed by atoms with van der Waals surface area (Å²) in [5.41, 5.74) is 1.18. The maximum Gasteiger partial charge on any atom is 0.246 e. The van der Waals surface area contributed by atoms with Gasteiger partial charge in [0.15, 0.2) is 5.78 Å². The van der Waals surface area contributed by atoms with Crippen molar-refractivity contribution in [1.29, 1.82) is 0 Å². The Bertz CT molecular complexity index is 811. The fourth-order valence-electron chi connectivity index (χ4n) is 8.66. The van der Waals surface area contributed by atoms with E-state index in [2.05, 4.69) is 13.8 Å². The Hall–Kier alpha value is -1.45. The summed E-state index contributed by atoms with van der Waals surface area (Å²) in [6.45, 7) is 10.4. The topological polar surface area (TPSA) is 54.5 Å². The quantitative estimate of drug-likeness (QED) is 0.581. The van der Waals surface area contributed by atoms with Crippen LogP contribution in [0.1, 0.15) is 86.0 Å². The smallest absolute Gasteiger partial charge is 0.246 e. The number of hydrogen-bond donors (Lipinski definition) is 0. The minimum atomic E-state index is -0.278. The molecule has 0 radical (unpaired) electrons. The van der Waals surface area contributed by atoms with Crippen LogP contribution in [-0.4, -0.2) is 35.5 Å². The molecule has 8 atom stereocenters. The normalized spacial score (nSPS) is 44.0. The molecule has 4 saturated carbocycles. The number of allylic oxidation sites excluding steroid dienone is 1. The van der Waals surface area contributed by atoms with Gasteiger partial charge in [0.25, 0.3) is 0 Å². The van der Waals surface area contributed by atoms with Gasteiger partial charge in [-0.25, -0.2) is 0 Å². The Morgan fingerprint density at radius 1 is 0.903 bits per heavy atom. The molecule has 31 heavy (non-hydrogen) atoms. The SMILES string of the molecule is CC(=O)C1CCC2C3CCC4C(=O)C(N(C)C(=O)C=C(C)C)CCC4(C)C3CCC12C. The van der Waals surface area contributed by atoms with Crippen molar-refractivity contribution in [2.75, 3.05) is 7.05 Å². The third kappa shape index (κ3) is 3.43. The lowest BCUT2D eigenvalue weighted by Gasteiger charge is -2.60. The van der Waals surface area contributed by atoms with E-state index in [1.54, 1.807) is 24.9 Å². The maximum atomic E-state index is 13.6. The molecule has 0 bridgehead atoms. The molecule has 4 aliphatic carbocycles. The van der Waals surface area contributed by atoms with Crippen LogP contribution in [0, 0.1) is 40.4 Å². The number of hydrogen-bond acceptors (Lipinski definition) is 3. The van der Waals surface area contributed by atoms with Crippen molar-refractivity contribution >= 4 is 17.5 Å². The molecule has 0 aromatic carbocycles. The zero-order valence-corrected chi connectivity index (χ0v) is 20.4. The number of fused-ring (bicyclic) bond motifs is 5. The van der Waals surface area contributed by atoms with Gasteiger partial charge in [-0.05, 0) is 101 Å². The van der Waals surface area contributed by atoms with E-state index in [1.807, 2.05) is 13.8 Å². The van der Waals surface area contributed by atoms with Gasteiger partial charge in [0.05, 0.1) is 6.04 Å². The Labute approximate surface area is 188 Å². The van der Waals surface area contributed by atoms with Crippen molar-refractivity contribution < 1.29 is 14.4 Å². The Morgan fingerprint density at radius 2 is 1.55 bits per heavy atom. The first-order valence-corrected chi connectivity index (χ1v) is 12.5. The average molecular weight is 428 g/mol. The van der Waals surface area contributed by atoms with Crippen molar-refractivity contribution in [2.24, 2.45) is 40.4 Å². The maximum absolute atomic E-state index is 13.6. The van der Waals surface area contributed by atoms with Crippen molar-refractivity contribution in [2.45, 2.75) is 92.0 Å². The van der Waals surface area contributed by atoms with E-state index in [-0.39, 0.29) is 34.6 Å². The molecular weight excluding hydrogens is 386 g/mol. The van der Waals surface area contributed by atoms with Gasteiger partial charge in [-0.15, -0.1) is 0 Å². The lowest BCUT2D eigenvalue weighted by molar-refractivity contribution is -0.159. The second-order valence-electron chi connectivity index (χ2n) is 11.9. The van der Waals surface area contributed by atoms with Crippen LogP contribution in [0.25, 0.3) is 0 Å². The highest BCUT2D eigenvalue weighted by Crippen LogP contribution is 2.67. The third-order valence-electron chi connectivity index (χ3n) is 10.2. The van der Waals surface area contributed by atoms with E-state index in [9.17, 15) is 14.4 Å². The average Bonchev–Trinajstić information content (AvgIpc) is 3.04. The van der Waals surface area contributed by atoms with Crippen molar-refractivity contribution in [3.05, 3.63) is 11.6 Å². The number of carbonyl (C=O) groups is 3. The van der Waals surface area contributed by atoms with Gasteiger partial charge in [0, 0.05) is 25.0 Å². The van der Waals surface area contributed by atoms with Crippen LogP contribution in [0.3, 0.4) is 0 Å². The number of rotatable bonds is 3. The summed E-state index contributed by atoms with van der Waals surface area (Å²) >= 11 is 0. The first-order chi connectivity index (χ1) is 14.5. The van der Waals surface area contributed by atoms with E-state index in [0.717, 1.165) is 50.5 Å². The molecule has 4 nitrogen and oxygen atoms in total. The molecule has 0 spiro atoms. The predicted octanol–water partition coefficient (Wildman–Crippen LogP) is 5.21. The Balaban J connectivity index is 1.55. The minimum Gasteiger partial charge on any atom is -0.332 e. The van der Waals surface area contributed by atoms with Gasteiger partial charge in [-0.1, -0.05) is 19.4 Å². The second kappa shape index (κ2) is 7.85. The molecular formula is C27H41NO3. The minimum absolute atomic E-state index is 0.0482. The number of nitrogens with zero attached hydrogens (tertiary/aromatic N) is 1. The number of ketones is 2. The molecule has 0 aromatic rings. The molecule has 0 N–H and O–H groups in total. The summed E-state index contributed by atoms with van der Waals surface area (Å²) < 4.78 is 0. The van der Waals surface area contributed by atoms with E-state index in [0.29, 0.717) is 29.3 Å². The van der Waals surface area contributed by atoms with Crippen LogP contribution < -0.4 is 0 Å². The third-order valence-corrected chi connectivity index (χ3v) is 10.2. The van der Waals surface area contributed by atoms with Crippen LogP contribution >= 0.6 is 0 Å². The number of Topliss-reactive ketones (excluding diaryl/α,β-unsaturated/α-hetero) is 2. The molecule has 0 aromatic heterocycles. The molecule has 0 saturated heterocycles. The molecule has 4 rings (SSSR count). The van der Waals surface area contributed by atoms with Gasteiger partial charge in [0.1, 0.15) is 5.78 Å². The largest absolute Gasteiger partial charge is 0.332 e. The van der Waals surface area contributed by atoms with Crippen LogP contribution in [0.2, 0.25) is 0 Å². The standard InChI is InChI=1S/C27H41NO3/c1-16(2)15-24(30)28(6)23-12-14-27(5)21-11-13-26(4)19(17(3)29)9-10-20(26)18(21)7-8-22(27)25(23)31/h15,18-23H,7-14H2,1-6H3. The summed E-state index contributed by atoms with van der Waals surface area (Å²) in [6.07, 6.45) is 10.0. The Kier molecular flexibility index (Phi) is 5.75. The molecule has 1 amide bonds. The van der Waals surface area contributed by atoms with Crippen molar-refractivity contribution in [1.82, 2.24) is 4.90 Å². The first kappa shape index (κ1) is 22.7. The highest BCUT2D eigenvalue weighted by Gasteiger charge is 2.62. The second-order valence-corrected chi connectivity index (χ2v) is 11.9. The summed E-state index contributed by atoms with van der Waals surface area (Å²) in [7, 11) is 1.80.